The van der Waals surface area contributed by atoms with Crippen molar-refractivity contribution in [2.24, 2.45) is 5.41 Å². The SMILES string of the molecule is CCO[C@@H]1C[C@H](NC(=O)N(CCO)C2CC2)C12CCC2. The van der Waals surface area contributed by atoms with Crippen LogP contribution >= 0.6 is 0 Å². The lowest BCUT2D eigenvalue weighted by Crippen LogP contribution is -2.68. The zero-order valence-electron chi connectivity index (χ0n) is 12.3. The van der Waals surface area contributed by atoms with Gasteiger partial charge in [0.15, 0.2) is 0 Å². The molecular formula is C15H26N2O3. The highest BCUT2D eigenvalue weighted by Gasteiger charge is 2.59. The Morgan fingerprint density at radius 2 is 2.20 bits per heavy atom. The normalized spacial score (nSPS) is 30.5. The molecule has 0 saturated heterocycles. The summed E-state index contributed by atoms with van der Waals surface area (Å²) < 4.78 is 5.81. The smallest absolute Gasteiger partial charge is 0.317 e. The highest BCUT2D eigenvalue weighted by molar-refractivity contribution is 5.75. The molecule has 0 radical (unpaired) electrons. The number of hydrogen-bond acceptors (Lipinski definition) is 3. The highest BCUT2D eigenvalue weighted by Crippen LogP contribution is 2.57. The Kier molecular flexibility index (Phi) is 3.91. The Balaban J connectivity index is 1.56. The summed E-state index contributed by atoms with van der Waals surface area (Å²) in [6.07, 6.45) is 7.02. The van der Waals surface area contributed by atoms with Gasteiger partial charge in [0.25, 0.3) is 0 Å². The molecule has 3 aliphatic rings. The average Bonchev–Trinajstić information content (AvgIpc) is 3.16. The third kappa shape index (κ3) is 2.31. The molecule has 0 aromatic carbocycles. The summed E-state index contributed by atoms with van der Waals surface area (Å²) in [5.74, 6) is 0. The largest absolute Gasteiger partial charge is 0.395 e. The fourth-order valence-electron chi connectivity index (χ4n) is 3.82. The van der Waals surface area contributed by atoms with E-state index in [9.17, 15) is 4.79 Å². The van der Waals surface area contributed by atoms with Crippen molar-refractivity contribution >= 4 is 6.03 Å². The second-order valence-electron chi connectivity index (χ2n) is 6.42. The molecule has 3 aliphatic carbocycles. The summed E-state index contributed by atoms with van der Waals surface area (Å²) in [6, 6.07) is 0.621. The van der Waals surface area contributed by atoms with Crippen LogP contribution in [-0.4, -0.2) is 54.0 Å². The number of rotatable bonds is 6. The van der Waals surface area contributed by atoms with Gasteiger partial charge >= 0.3 is 6.03 Å². The maximum atomic E-state index is 12.4. The number of carbonyl (C=O) groups excluding carboxylic acids is 1. The molecule has 0 bridgehead atoms. The van der Waals surface area contributed by atoms with Crippen molar-refractivity contribution in [2.45, 2.75) is 63.6 Å². The summed E-state index contributed by atoms with van der Waals surface area (Å²) >= 11 is 0. The van der Waals surface area contributed by atoms with Crippen molar-refractivity contribution in [3.8, 4) is 0 Å². The first-order valence-electron chi connectivity index (χ1n) is 8.01. The van der Waals surface area contributed by atoms with Gasteiger partial charge in [-0.05, 0) is 39.0 Å². The van der Waals surface area contributed by atoms with E-state index in [2.05, 4.69) is 5.32 Å². The number of amides is 2. The summed E-state index contributed by atoms with van der Waals surface area (Å²) in [6.45, 7) is 3.28. The minimum absolute atomic E-state index is 0.00720. The van der Waals surface area contributed by atoms with Crippen LogP contribution < -0.4 is 5.32 Å². The molecule has 20 heavy (non-hydrogen) atoms. The fourth-order valence-corrected chi connectivity index (χ4v) is 3.82. The van der Waals surface area contributed by atoms with Crippen LogP contribution in [0.4, 0.5) is 4.79 Å². The molecule has 0 aliphatic heterocycles. The summed E-state index contributed by atoms with van der Waals surface area (Å²) in [7, 11) is 0. The third-order valence-corrected chi connectivity index (χ3v) is 5.32. The zero-order valence-corrected chi connectivity index (χ0v) is 12.3. The van der Waals surface area contributed by atoms with Crippen LogP contribution in [0.2, 0.25) is 0 Å². The first-order valence-corrected chi connectivity index (χ1v) is 8.01. The number of nitrogens with one attached hydrogen (secondary N) is 1. The minimum atomic E-state index is 0.00720. The third-order valence-electron chi connectivity index (χ3n) is 5.32. The molecule has 3 fully saturated rings. The predicted octanol–water partition coefficient (Wildman–Crippen LogP) is 1.50. The lowest BCUT2D eigenvalue weighted by molar-refractivity contribution is -0.170. The van der Waals surface area contributed by atoms with E-state index < -0.39 is 0 Å². The molecule has 0 aromatic heterocycles. The van der Waals surface area contributed by atoms with Crippen molar-refractivity contribution < 1.29 is 14.6 Å². The molecule has 5 heteroatoms. The van der Waals surface area contributed by atoms with Gasteiger partial charge < -0.3 is 20.1 Å². The molecule has 5 nitrogen and oxygen atoms in total. The van der Waals surface area contributed by atoms with E-state index >= 15 is 0 Å². The van der Waals surface area contributed by atoms with Gasteiger partial charge in [0.1, 0.15) is 0 Å². The van der Waals surface area contributed by atoms with E-state index in [-0.39, 0.29) is 24.1 Å². The number of ether oxygens (including phenoxy) is 1. The molecule has 3 rings (SSSR count). The van der Waals surface area contributed by atoms with Crippen molar-refractivity contribution in [1.82, 2.24) is 10.2 Å². The topological polar surface area (TPSA) is 61.8 Å². The molecule has 0 aromatic rings. The van der Waals surface area contributed by atoms with Crippen molar-refractivity contribution in [3.63, 3.8) is 0 Å². The quantitative estimate of drug-likeness (QED) is 0.776. The van der Waals surface area contributed by atoms with Gasteiger partial charge in [0.2, 0.25) is 0 Å². The Morgan fingerprint density at radius 1 is 1.45 bits per heavy atom. The maximum absolute atomic E-state index is 12.4. The van der Waals surface area contributed by atoms with E-state index in [1.165, 1.54) is 19.3 Å². The van der Waals surface area contributed by atoms with Crippen LogP contribution in [0, 0.1) is 5.41 Å². The Labute approximate surface area is 120 Å². The summed E-state index contributed by atoms with van der Waals surface area (Å²) in [5, 5.41) is 12.3. The zero-order chi connectivity index (χ0) is 14.2. The number of aliphatic hydroxyl groups excluding tert-OH is 1. The van der Waals surface area contributed by atoms with Gasteiger partial charge in [-0.15, -0.1) is 0 Å². The van der Waals surface area contributed by atoms with Crippen molar-refractivity contribution in [2.75, 3.05) is 19.8 Å². The van der Waals surface area contributed by atoms with Crippen LogP contribution in [0.25, 0.3) is 0 Å². The van der Waals surface area contributed by atoms with E-state index in [1.54, 1.807) is 4.90 Å². The molecule has 2 N–H and O–H groups in total. The predicted molar refractivity (Wildman–Crippen MR) is 75.4 cm³/mol. The van der Waals surface area contributed by atoms with E-state index in [4.69, 9.17) is 9.84 Å². The van der Waals surface area contributed by atoms with Crippen molar-refractivity contribution in [1.29, 1.82) is 0 Å². The lowest BCUT2D eigenvalue weighted by atomic mass is 9.51. The molecule has 3 saturated carbocycles. The Morgan fingerprint density at radius 3 is 2.70 bits per heavy atom. The second-order valence-corrected chi connectivity index (χ2v) is 6.42. The molecular weight excluding hydrogens is 256 g/mol. The van der Waals surface area contributed by atoms with Crippen molar-refractivity contribution in [3.05, 3.63) is 0 Å². The Hall–Kier alpha value is -0.810. The lowest BCUT2D eigenvalue weighted by Gasteiger charge is -2.61. The number of urea groups is 1. The van der Waals surface area contributed by atoms with Gasteiger partial charge in [0.05, 0.1) is 12.7 Å². The van der Waals surface area contributed by atoms with Crippen LogP contribution in [-0.2, 0) is 4.74 Å². The van der Waals surface area contributed by atoms with Crippen LogP contribution in [0.1, 0.15) is 45.4 Å². The average molecular weight is 282 g/mol. The Bertz CT molecular complexity index is 366. The van der Waals surface area contributed by atoms with Crippen LogP contribution in [0.3, 0.4) is 0 Å². The van der Waals surface area contributed by atoms with Crippen LogP contribution in [0.15, 0.2) is 0 Å². The summed E-state index contributed by atoms with van der Waals surface area (Å²) in [5.41, 5.74) is 0.208. The van der Waals surface area contributed by atoms with Gasteiger partial charge in [0, 0.05) is 30.7 Å². The number of hydrogen-bond donors (Lipinski definition) is 2. The molecule has 2 amide bonds. The highest BCUT2D eigenvalue weighted by atomic mass is 16.5. The van der Waals surface area contributed by atoms with Gasteiger partial charge in [-0.2, -0.15) is 0 Å². The number of nitrogens with zero attached hydrogens (tertiary/aromatic N) is 1. The molecule has 1 spiro atoms. The summed E-state index contributed by atoms with van der Waals surface area (Å²) in [4.78, 5) is 14.2. The van der Waals surface area contributed by atoms with Crippen LogP contribution in [0.5, 0.6) is 0 Å². The minimum Gasteiger partial charge on any atom is -0.395 e. The first-order chi connectivity index (χ1) is 9.71. The monoisotopic (exact) mass is 282 g/mol. The van der Waals surface area contributed by atoms with Gasteiger partial charge in [-0.1, -0.05) is 6.42 Å². The van der Waals surface area contributed by atoms with E-state index in [0.29, 0.717) is 18.7 Å². The molecule has 0 heterocycles. The van der Waals surface area contributed by atoms with E-state index in [1.807, 2.05) is 6.92 Å². The fraction of sp³-hybridized carbons (Fsp3) is 0.933. The maximum Gasteiger partial charge on any atom is 0.317 e. The molecule has 114 valence electrons. The molecule has 2 atom stereocenters. The molecule has 0 unspecified atom stereocenters. The standard InChI is InChI=1S/C15H26N2O3/c1-2-20-13-10-12(15(13)6-3-7-15)16-14(19)17(8-9-18)11-4-5-11/h11-13,18H,2-10H2,1H3,(H,16,19)/t12-,13+/m0/s1. The van der Waals surface area contributed by atoms with E-state index in [0.717, 1.165) is 25.9 Å². The van der Waals surface area contributed by atoms with Gasteiger partial charge in [-0.25, -0.2) is 4.79 Å². The number of aliphatic hydroxyl groups is 1. The second kappa shape index (κ2) is 5.53. The van der Waals surface area contributed by atoms with Gasteiger partial charge in [-0.3, -0.25) is 0 Å². The first kappa shape index (κ1) is 14.1. The number of carbonyl (C=O) groups is 1.